The summed E-state index contributed by atoms with van der Waals surface area (Å²) >= 11 is 8.49. The molecule has 3 aromatic rings. The number of carbonyl (C=O) groups is 2. The number of carbonyl (C=O) groups excluding carboxylic acids is 2. The van der Waals surface area contributed by atoms with Crippen molar-refractivity contribution in [2.75, 3.05) is 9.80 Å². The van der Waals surface area contributed by atoms with Gasteiger partial charge >= 0.3 is 0 Å². The Morgan fingerprint density at radius 1 is 1.06 bits per heavy atom. The molecule has 1 N–H and O–H groups in total. The largest absolute Gasteiger partial charge is 0.302 e. The predicted molar refractivity (Wildman–Crippen MR) is 142 cm³/mol. The molecule has 35 heavy (non-hydrogen) atoms. The van der Waals surface area contributed by atoms with Crippen molar-refractivity contribution in [2.24, 2.45) is 0 Å². The Bertz CT molecular complexity index is 1460. The Hall–Kier alpha value is -2.94. The summed E-state index contributed by atoms with van der Waals surface area (Å²) in [5, 5.41) is 11.4. The van der Waals surface area contributed by atoms with Crippen LogP contribution in [0, 0.1) is 5.41 Å². The second-order valence-corrected chi connectivity index (χ2v) is 12.0. The zero-order valence-electron chi connectivity index (χ0n) is 19.3. The molecule has 0 spiro atoms. The maximum absolute atomic E-state index is 14.0. The molecular weight excluding hydrogens is 500 g/mol. The van der Waals surface area contributed by atoms with Gasteiger partial charge in [-0.05, 0) is 55.3 Å². The summed E-state index contributed by atoms with van der Waals surface area (Å²) in [4.78, 5) is 35.1. The van der Waals surface area contributed by atoms with Crippen LogP contribution in [0.1, 0.15) is 43.9 Å². The molecule has 176 valence electrons. The lowest BCUT2D eigenvalue weighted by molar-refractivity contribution is -0.115. The quantitative estimate of drug-likeness (QED) is 0.417. The highest BCUT2D eigenvalue weighted by Gasteiger charge is 2.54. The van der Waals surface area contributed by atoms with Crippen LogP contribution in [-0.2, 0) is 15.0 Å². The second-order valence-electron chi connectivity index (χ2n) is 9.74. The minimum atomic E-state index is -0.508. The average Bonchev–Trinajstić information content (AvgIpc) is 3.49. The van der Waals surface area contributed by atoms with E-state index in [1.165, 1.54) is 16.2 Å². The van der Waals surface area contributed by atoms with E-state index in [-0.39, 0.29) is 27.3 Å². The fourth-order valence-corrected chi connectivity index (χ4v) is 7.47. The number of thiazole rings is 1. The summed E-state index contributed by atoms with van der Waals surface area (Å²) in [5.41, 5.74) is 3.26. The van der Waals surface area contributed by atoms with E-state index in [2.05, 4.69) is 31.8 Å². The van der Waals surface area contributed by atoms with Crippen molar-refractivity contribution in [3.63, 3.8) is 0 Å². The molecule has 6 rings (SSSR count). The van der Waals surface area contributed by atoms with E-state index in [1.54, 1.807) is 11.6 Å². The van der Waals surface area contributed by atoms with Gasteiger partial charge in [0.2, 0.25) is 0 Å². The molecule has 6 nitrogen and oxygen atoms in total. The monoisotopic (exact) mass is 520 g/mol. The molecule has 3 aliphatic heterocycles. The van der Waals surface area contributed by atoms with Crippen molar-refractivity contribution in [1.82, 2.24) is 4.98 Å². The van der Waals surface area contributed by atoms with Gasteiger partial charge in [0.25, 0.3) is 11.8 Å². The fraction of sp³-hybridized carbons (Fsp3) is 0.231. The Morgan fingerprint density at radius 3 is 2.49 bits per heavy atom. The van der Waals surface area contributed by atoms with E-state index in [9.17, 15) is 9.59 Å². The molecular formula is C26H21ClN4O2S2. The number of hydrogen-bond acceptors (Lipinski definition) is 6. The molecule has 1 saturated heterocycles. The zero-order chi connectivity index (χ0) is 24.7. The van der Waals surface area contributed by atoms with E-state index in [0.29, 0.717) is 22.1 Å². The number of rotatable bonds is 2. The van der Waals surface area contributed by atoms with E-state index in [4.69, 9.17) is 17.0 Å². The van der Waals surface area contributed by atoms with E-state index >= 15 is 0 Å². The maximum atomic E-state index is 14.0. The van der Waals surface area contributed by atoms with Gasteiger partial charge in [-0.25, -0.2) is 9.88 Å². The lowest BCUT2D eigenvalue weighted by Crippen LogP contribution is -2.54. The maximum Gasteiger partial charge on any atom is 0.274 e. The molecule has 1 fully saturated rings. The molecule has 9 heteroatoms. The minimum absolute atomic E-state index is 0.0524. The fourth-order valence-electron chi connectivity index (χ4n) is 5.71. The first-order valence-corrected chi connectivity index (χ1v) is 13.2. The van der Waals surface area contributed by atoms with Gasteiger partial charge < -0.3 is 4.90 Å². The summed E-state index contributed by atoms with van der Waals surface area (Å²) in [6.07, 6.45) is 2.30. The molecule has 0 aliphatic carbocycles. The van der Waals surface area contributed by atoms with Crippen LogP contribution >= 0.6 is 34.7 Å². The number of nitrogens with one attached hydrogen (secondary N) is 1. The van der Waals surface area contributed by atoms with Crippen molar-refractivity contribution in [3.05, 3.63) is 80.7 Å². The van der Waals surface area contributed by atoms with Crippen LogP contribution in [0.2, 0.25) is 5.02 Å². The van der Waals surface area contributed by atoms with Crippen LogP contribution in [0.5, 0.6) is 0 Å². The normalized spacial score (nSPS) is 25.0. The van der Waals surface area contributed by atoms with E-state index < -0.39 is 5.54 Å². The van der Waals surface area contributed by atoms with Crippen LogP contribution in [0.25, 0.3) is 5.57 Å². The predicted octanol–water partition coefficient (Wildman–Crippen LogP) is 6.06. The summed E-state index contributed by atoms with van der Waals surface area (Å²) in [6, 6.07) is 13.8. The summed E-state index contributed by atoms with van der Waals surface area (Å²) in [6.45, 7) is 6.34. The number of para-hydroxylation sites is 1. The number of hydrogen-bond donors (Lipinski definition) is 1. The van der Waals surface area contributed by atoms with E-state index in [0.717, 1.165) is 34.1 Å². The highest BCUT2D eigenvalue weighted by molar-refractivity contribution is 8.19. The molecule has 3 aliphatic rings. The van der Waals surface area contributed by atoms with Crippen LogP contribution in [0.4, 0.5) is 10.8 Å². The number of thioether (sulfide) groups is 1. The first kappa shape index (κ1) is 22.5. The van der Waals surface area contributed by atoms with Gasteiger partial charge in [-0.3, -0.25) is 15.0 Å². The van der Waals surface area contributed by atoms with Gasteiger partial charge in [0.15, 0.2) is 10.3 Å². The van der Waals surface area contributed by atoms with Crippen LogP contribution in [-0.4, -0.2) is 27.5 Å². The molecule has 0 radical (unpaired) electrons. The van der Waals surface area contributed by atoms with Crippen molar-refractivity contribution in [1.29, 1.82) is 5.41 Å². The Labute approximate surface area is 216 Å². The molecule has 1 atom stereocenters. The third kappa shape index (κ3) is 3.09. The molecule has 0 saturated carbocycles. The van der Waals surface area contributed by atoms with Crippen molar-refractivity contribution >= 4 is 68.1 Å². The molecule has 2 aromatic carbocycles. The number of nitrogens with zero attached hydrogens (tertiary/aromatic N) is 3. The minimum Gasteiger partial charge on any atom is -0.302 e. The molecule has 2 amide bonds. The number of benzene rings is 2. The first-order valence-electron chi connectivity index (χ1n) is 11.1. The highest BCUT2D eigenvalue weighted by atomic mass is 35.5. The Balaban J connectivity index is 1.57. The van der Waals surface area contributed by atoms with Gasteiger partial charge in [0, 0.05) is 33.1 Å². The second kappa shape index (κ2) is 7.53. The lowest BCUT2D eigenvalue weighted by atomic mass is 9.65. The van der Waals surface area contributed by atoms with E-state index in [1.807, 2.05) is 41.3 Å². The zero-order valence-corrected chi connectivity index (χ0v) is 21.6. The van der Waals surface area contributed by atoms with Gasteiger partial charge in [-0.1, -0.05) is 48.9 Å². The van der Waals surface area contributed by atoms with Crippen LogP contribution in [0.3, 0.4) is 0 Å². The average molecular weight is 521 g/mol. The molecule has 1 aromatic heterocycles. The van der Waals surface area contributed by atoms with Crippen molar-refractivity contribution in [2.45, 2.75) is 38.1 Å². The third-order valence-electron chi connectivity index (χ3n) is 7.05. The summed E-state index contributed by atoms with van der Waals surface area (Å²) in [5.74, 6) is -0.575. The number of amides is 2. The van der Waals surface area contributed by atoms with Gasteiger partial charge in [-0.2, -0.15) is 0 Å². The topological polar surface area (TPSA) is 77.4 Å². The van der Waals surface area contributed by atoms with Gasteiger partial charge in [-0.15, -0.1) is 11.3 Å². The SMILES string of the molecule is CC1(c2ccc(Cl)cc2)CC(C)(C)N2C(=O)C(=C3SC(=N)N(c4nccs4)C3=O)c3cccc1c32. The highest BCUT2D eigenvalue weighted by Crippen LogP contribution is 2.57. The van der Waals surface area contributed by atoms with Crippen molar-refractivity contribution in [3.8, 4) is 0 Å². The number of anilines is 2. The third-order valence-corrected chi connectivity index (χ3v) is 9.02. The number of aromatic nitrogens is 1. The summed E-state index contributed by atoms with van der Waals surface area (Å²) in [7, 11) is 0. The Morgan fingerprint density at radius 2 is 1.80 bits per heavy atom. The summed E-state index contributed by atoms with van der Waals surface area (Å²) < 4.78 is 0. The molecule has 0 bridgehead atoms. The van der Waals surface area contributed by atoms with Crippen molar-refractivity contribution < 1.29 is 9.59 Å². The molecule has 1 unspecified atom stereocenters. The lowest BCUT2D eigenvalue weighted by Gasteiger charge is -2.49. The smallest absolute Gasteiger partial charge is 0.274 e. The first-order chi connectivity index (χ1) is 16.6. The standard InChI is InChI=1S/C26H21ClN4O2S2/c1-25(2)13-26(3,14-7-9-15(27)10-8-14)17-6-4-5-16-18(21(32)31(25)19(16)17)20-22(33)30(23(28)35-20)24-29-11-12-34-24/h4-12,28H,13H2,1-3H3. The van der Waals surface area contributed by atoms with Gasteiger partial charge in [0.1, 0.15) is 0 Å². The number of amidine groups is 1. The van der Waals surface area contributed by atoms with Gasteiger partial charge in [0.05, 0.1) is 16.2 Å². The number of halogens is 1. The van der Waals surface area contributed by atoms with Crippen LogP contribution in [0.15, 0.2) is 58.9 Å². The molecule has 4 heterocycles. The Kier molecular flexibility index (Phi) is 4.84. The van der Waals surface area contributed by atoms with Crippen LogP contribution < -0.4 is 9.80 Å².